The van der Waals surface area contributed by atoms with Crippen molar-refractivity contribution in [2.75, 3.05) is 37.6 Å². The quantitative estimate of drug-likeness (QED) is 0.130. The Bertz CT molecular complexity index is 2050. The molecule has 4 aromatic rings. The van der Waals surface area contributed by atoms with E-state index in [0.717, 1.165) is 93.0 Å². The number of rotatable bonds is 10. The summed E-state index contributed by atoms with van der Waals surface area (Å²) < 4.78 is 6.53. The van der Waals surface area contributed by atoms with Crippen LogP contribution in [0.3, 0.4) is 0 Å². The van der Waals surface area contributed by atoms with Gasteiger partial charge in [0.1, 0.15) is 23.6 Å². The van der Waals surface area contributed by atoms with Gasteiger partial charge < -0.3 is 24.5 Å². The van der Waals surface area contributed by atoms with Crippen LogP contribution in [0.15, 0.2) is 97.1 Å². The Morgan fingerprint density at radius 1 is 0.782 bits per heavy atom. The largest absolute Gasteiger partial charge is 0.508 e. The number of allylic oxidation sites excluding steroid dienone is 1. The van der Waals surface area contributed by atoms with Crippen molar-refractivity contribution in [1.29, 1.82) is 0 Å². The van der Waals surface area contributed by atoms with Crippen LogP contribution in [0, 0.1) is 5.92 Å². The number of phenols is 1. The maximum absolute atomic E-state index is 13.1. The van der Waals surface area contributed by atoms with Crippen LogP contribution in [-0.4, -0.2) is 77.5 Å². The summed E-state index contributed by atoms with van der Waals surface area (Å²) in [5.74, 6) is 1.04. The fraction of sp³-hybridized carbons (Fsp3) is 0.370. The molecule has 284 valence electrons. The van der Waals surface area contributed by atoms with E-state index >= 15 is 0 Å². The average Bonchev–Trinajstić information content (AvgIpc) is 3.54. The first-order valence-corrected chi connectivity index (χ1v) is 19.9. The number of piperidine rings is 3. The Hall–Kier alpha value is -5.41. The highest BCUT2D eigenvalue weighted by Crippen LogP contribution is 2.36. The molecule has 0 spiro atoms. The molecular formula is C46H50N4O5. The van der Waals surface area contributed by atoms with Crippen LogP contribution >= 0.6 is 0 Å². The van der Waals surface area contributed by atoms with E-state index in [9.17, 15) is 19.5 Å². The summed E-state index contributed by atoms with van der Waals surface area (Å²) in [5.41, 5.74) is 8.59. The second-order valence-corrected chi connectivity index (χ2v) is 15.4. The van der Waals surface area contributed by atoms with E-state index in [1.165, 1.54) is 16.7 Å². The molecule has 9 nitrogen and oxygen atoms in total. The molecule has 3 fully saturated rings. The van der Waals surface area contributed by atoms with Gasteiger partial charge in [0.25, 0.3) is 5.91 Å². The first kappa shape index (κ1) is 36.6. The van der Waals surface area contributed by atoms with Gasteiger partial charge in [-0.15, -0.1) is 0 Å². The summed E-state index contributed by atoms with van der Waals surface area (Å²) in [5, 5.41) is 12.4. The summed E-state index contributed by atoms with van der Waals surface area (Å²) in [6.45, 7) is 7.76. The number of hydrogen-bond donors (Lipinski definition) is 2. The number of aromatic hydroxyl groups is 1. The monoisotopic (exact) mass is 738 g/mol. The van der Waals surface area contributed by atoms with Crippen molar-refractivity contribution >= 4 is 34.6 Å². The maximum atomic E-state index is 13.1. The van der Waals surface area contributed by atoms with Crippen molar-refractivity contribution in [1.82, 2.24) is 15.1 Å². The van der Waals surface area contributed by atoms with Crippen LogP contribution in [0.4, 0.5) is 5.69 Å². The normalized spacial score (nSPS) is 20.3. The molecule has 1 unspecified atom stereocenters. The number of amides is 3. The van der Waals surface area contributed by atoms with Crippen molar-refractivity contribution in [3.8, 4) is 11.5 Å². The zero-order valence-corrected chi connectivity index (χ0v) is 31.6. The van der Waals surface area contributed by atoms with Crippen LogP contribution < -0.4 is 15.0 Å². The summed E-state index contributed by atoms with van der Waals surface area (Å²) >= 11 is 0. The van der Waals surface area contributed by atoms with Gasteiger partial charge in [0.05, 0.1) is 0 Å². The van der Waals surface area contributed by atoms with E-state index in [4.69, 9.17) is 4.74 Å². The molecule has 3 saturated heterocycles. The number of fused-ring (bicyclic) bond motifs is 1. The molecule has 4 aliphatic heterocycles. The minimum Gasteiger partial charge on any atom is -0.508 e. The smallest absolute Gasteiger partial charge is 0.255 e. The Morgan fingerprint density at radius 2 is 1.47 bits per heavy atom. The predicted octanol–water partition coefficient (Wildman–Crippen LogP) is 7.28. The fourth-order valence-corrected chi connectivity index (χ4v) is 8.91. The number of nitrogens with zero attached hydrogens (tertiary/aromatic N) is 3. The van der Waals surface area contributed by atoms with Crippen molar-refractivity contribution in [3.05, 3.63) is 125 Å². The van der Waals surface area contributed by atoms with Gasteiger partial charge in [-0.25, -0.2) is 0 Å². The molecule has 2 N–H and O–H groups in total. The van der Waals surface area contributed by atoms with E-state index in [1.54, 1.807) is 17.0 Å². The third-order valence-electron chi connectivity index (χ3n) is 11.9. The Labute approximate surface area is 323 Å². The molecule has 4 aromatic carbocycles. The molecule has 0 aromatic heterocycles. The predicted molar refractivity (Wildman–Crippen MR) is 215 cm³/mol. The number of ether oxygens (including phenoxy) is 1. The van der Waals surface area contributed by atoms with Crippen molar-refractivity contribution in [3.63, 3.8) is 0 Å². The van der Waals surface area contributed by atoms with E-state index < -0.39 is 6.04 Å². The van der Waals surface area contributed by atoms with Crippen LogP contribution in [0.5, 0.6) is 11.5 Å². The molecule has 0 saturated carbocycles. The number of carbonyl (C=O) groups excluding carboxylic acids is 3. The Kier molecular flexibility index (Phi) is 10.7. The van der Waals surface area contributed by atoms with Crippen molar-refractivity contribution < 1.29 is 24.2 Å². The lowest BCUT2D eigenvalue weighted by Gasteiger charge is -2.38. The Morgan fingerprint density at radius 3 is 2.15 bits per heavy atom. The highest BCUT2D eigenvalue weighted by Gasteiger charge is 2.39. The van der Waals surface area contributed by atoms with Crippen LogP contribution in [0.25, 0.3) is 11.1 Å². The van der Waals surface area contributed by atoms with Crippen molar-refractivity contribution in [2.45, 2.75) is 70.6 Å². The lowest BCUT2D eigenvalue weighted by atomic mass is 9.88. The molecule has 0 aliphatic carbocycles. The lowest BCUT2D eigenvalue weighted by Crippen LogP contribution is -2.52. The zero-order valence-electron chi connectivity index (χ0n) is 31.6. The summed E-state index contributed by atoms with van der Waals surface area (Å²) in [6.07, 6.45) is 6.00. The van der Waals surface area contributed by atoms with Gasteiger partial charge in [0.2, 0.25) is 11.8 Å². The molecular weight excluding hydrogens is 689 g/mol. The Balaban J connectivity index is 0.824. The molecule has 0 bridgehead atoms. The number of hydrogen-bond acceptors (Lipinski definition) is 7. The lowest BCUT2D eigenvalue weighted by molar-refractivity contribution is -0.136. The molecule has 3 amide bonds. The third kappa shape index (κ3) is 8.03. The van der Waals surface area contributed by atoms with E-state index in [1.807, 2.05) is 30.3 Å². The number of carbonyl (C=O) groups is 3. The number of likely N-dealkylation sites (tertiary alicyclic amines) is 1. The van der Waals surface area contributed by atoms with Crippen LogP contribution in [0.2, 0.25) is 0 Å². The zero-order chi connectivity index (χ0) is 37.9. The molecule has 9 heteroatoms. The van der Waals surface area contributed by atoms with E-state index in [0.29, 0.717) is 24.4 Å². The summed E-state index contributed by atoms with van der Waals surface area (Å²) in [7, 11) is 0. The SMILES string of the molecule is CC/C(=C(\c1ccc(O)cc1)c1ccc(OC2CCN(CC3CCN(c4ccc5c(c4)CN(C4CCC(=O)NC4=O)C5=O)CC3)CC2)cc1)c1ccccc1. The fourth-order valence-electron chi connectivity index (χ4n) is 8.91. The van der Waals surface area contributed by atoms with E-state index in [2.05, 4.69) is 76.6 Å². The van der Waals surface area contributed by atoms with E-state index in [-0.39, 0.29) is 36.0 Å². The van der Waals surface area contributed by atoms with Gasteiger partial charge in [-0.1, -0.05) is 61.5 Å². The number of benzene rings is 4. The van der Waals surface area contributed by atoms with Crippen LogP contribution in [-0.2, 0) is 16.1 Å². The van der Waals surface area contributed by atoms with Gasteiger partial charge in [-0.2, -0.15) is 0 Å². The summed E-state index contributed by atoms with van der Waals surface area (Å²) in [4.78, 5) is 43.9. The third-order valence-corrected chi connectivity index (χ3v) is 11.9. The first-order valence-electron chi connectivity index (χ1n) is 19.9. The van der Waals surface area contributed by atoms with Gasteiger partial charge in [-0.05, 0) is 120 Å². The molecule has 1 atom stereocenters. The van der Waals surface area contributed by atoms with Gasteiger partial charge in [0, 0.05) is 56.9 Å². The average molecular weight is 739 g/mol. The number of anilines is 1. The standard InChI is InChI=1S/C46H50N4O5/c1-2-40(32-6-4-3-5-7-32)44(33-8-13-37(51)14-9-33)34-10-15-38(16-11-34)55-39-22-24-48(25-23-39)29-31-20-26-49(27-21-31)36-12-17-41-35(28-36)30-50(46(41)54)42-18-19-43(52)47-45(42)53/h3-17,28,31,39,42,51H,2,18-27,29-30H2,1H3,(H,47,52,53)/b44-40-. The minimum absolute atomic E-state index is 0.125. The molecule has 55 heavy (non-hydrogen) atoms. The van der Waals surface area contributed by atoms with Gasteiger partial charge in [-0.3, -0.25) is 19.7 Å². The first-order chi connectivity index (χ1) is 26.8. The second kappa shape index (κ2) is 16.1. The highest BCUT2D eigenvalue weighted by molar-refractivity contribution is 6.05. The molecule has 4 aliphatic rings. The molecule has 4 heterocycles. The van der Waals surface area contributed by atoms with Gasteiger partial charge >= 0.3 is 0 Å². The van der Waals surface area contributed by atoms with Crippen LogP contribution in [0.1, 0.15) is 84.5 Å². The molecule has 0 radical (unpaired) electrons. The number of phenolic OH excluding ortho intramolecular Hbond substituents is 1. The minimum atomic E-state index is -0.589. The molecule has 8 rings (SSSR count). The topological polar surface area (TPSA) is 102 Å². The highest BCUT2D eigenvalue weighted by atomic mass is 16.5. The second-order valence-electron chi connectivity index (χ2n) is 15.4. The van der Waals surface area contributed by atoms with Gasteiger partial charge in [0.15, 0.2) is 0 Å². The van der Waals surface area contributed by atoms with Crippen molar-refractivity contribution in [2.24, 2.45) is 5.92 Å². The number of imide groups is 1. The maximum Gasteiger partial charge on any atom is 0.255 e. The summed E-state index contributed by atoms with van der Waals surface area (Å²) in [6, 6.07) is 32.0. The number of nitrogens with one attached hydrogen (secondary N) is 1.